The first kappa shape index (κ1) is 17.9. The zero-order valence-electron chi connectivity index (χ0n) is 12.6. The molecule has 1 amide bonds. The van der Waals surface area contributed by atoms with Crippen LogP contribution in [-0.4, -0.2) is 75.1 Å². The number of carboxylic acid groups (broad SMARTS) is 1. The minimum atomic E-state index is -0.774. The molecule has 0 radical (unpaired) electrons. The molecular weight excluding hydrogens is 278 g/mol. The summed E-state index contributed by atoms with van der Waals surface area (Å²) in [5.74, 6) is -1.18. The van der Waals surface area contributed by atoms with E-state index in [1.54, 1.807) is 12.0 Å². The fourth-order valence-corrected chi connectivity index (χ4v) is 2.15. The Morgan fingerprint density at radius 1 is 1.10 bits per heavy atom. The van der Waals surface area contributed by atoms with Crippen LogP contribution >= 0.6 is 0 Å². The number of hydrogen-bond acceptors (Lipinski definition) is 5. The Hall–Kier alpha value is -1.18. The highest BCUT2D eigenvalue weighted by Gasteiger charge is 2.26. The number of carbonyl (C=O) groups excluding carboxylic acids is 1. The van der Waals surface area contributed by atoms with Gasteiger partial charge < -0.3 is 24.2 Å². The van der Waals surface area contributed by atoms with Crippen molar-refractivity contribution in [3.8, 4) is 0 Å². The first-order valence-corrected chi connectivity index (χ1v) is 7.30. The molecule has 7 heteroatoms. The van der Waals surface area contributed by atoms with Gasteiger partial charge in [-0.3, -0.25) is 9.59 Å². The Labute approximate surface area is 125 Å². The Kier molecular flexibility index (Phi) is 8.96. The van der Waals surface area contributed by atoms with Crippen LogP contribution in [0.4, 0.5) is 0 Å². The molecule has 0 atom stereocenters. The van der Waals surface area contributed by atoms with Gasteiger partial charge in [0.1, 0.15) is 6.61 Å². The number of carbonyl (C=O) groups is 2. The SMILES string of the molecule is COCCCOCCOCC(=O)N1CCC(C(=O)O)CC1. The maximum atomic E-state index is 11.8. The summed E-state index contributed by atoms with van der Waals surface area (Å²) in [5, 5.41) is 8.89. The molecule has 0 saturated carbocycles. The molecule has 0 spiro atoms. The maximum Gasteiger partial charge on any atom is 0.306 e. The van der Waals surface area contributed by atoms with Gasteiger partial charge in [0.05, 0.1) is 19.1 Å². The Morgan fingerprint density at radius 2 is 1.76 bits per heavy atom. The average Bonchev–Trinajstić information content (AvgIpc) is 2.49. The summed E-state index contributed by atoms with van der Waals surface area (Å²) >= 11 is 0. The zero-order valence-corrected chi connectivity index (χ0v) is 12.6. The second-order valence-electron chi connectivity index (χ2n) is 5.00. The van der Waals surface area contributed by atoms with Crippen molar-refractivity contribution in [2.45, 2.75) is 19.3 Å². The van der Waals surface area contributed by atoms with Crippen LogP contribution in [0.3, 0.4) is 0 Å². The number of nitrogens with zero attached hydrogens (tertiary/aromatic N) is 1. The number of aliphatic carboxylic acids is 1. The van der Waals surface area contributed by atoms with E-state index in [1.807, 2.05) is 0 Å². The van der Waals surface area contributed by atoms with E-state index < -0.39 is 5.97 Å². The molecule has 1 aliphatic heterocycles. The lowest BCUT2D eigenvalue weighted by Crippen LogP contribution is -2.42. The van der Waals surface area contributed by atoms with Gasteiger partial charge in [0.25, 0.3) is 0 Å². The third kappa shape index (κ3) is 7.40. The number of carboxylic acids is 1. The lowest BCUT2D eigenvalue weighted by molar-refractivity contribution is -0.147. The molecule has 0 unspecified atom stereocenters. The normalized spacial score (nSPS) is 16.1. The van der Waals surface area contributed by atoms with Crippen LogP contribution in [0.25, 0.3) is 0 Å². The van der Waals surface area contributed by atoms with Gasteiger partial charge in [-0.15, -0.1) is 0 Å². The first-order chi connectivity index (χ1) is 10.1. The fraction of sp³-hybridized carbons (Fsp3) is 0.857. The van der Waals surface area contributed by atoms with Crippen molar-refractivity contribution < 1.29 is 28.9 Å². The molecule has 7 nitrogen and oxygen atoms in total. The lowest BCUT2D eigenvalue weighted by Gasteiger charge is -2.30. The smallest absolute Gasteiger partial charge is 0.306 e. The largest absolute Gasteiger partial charge is 0.481 e. The molecule has 1 aliphatic rings. The van der Waals surface area contributed by atoms with Crippen molar-refractivity contribution in [1.82, 2.24) is 4.90 Å². The zero-order chi connectivity index (χ0) is 15.5. The number of methoxy groups -OCH3 is 1. The minimum Gasteiger partial charge on any atom is -0.481 e. The monoisotopic (exact) mass is 303 g/mol. The summed E-state index contributed by atoms with van der Waals surface area (Å²) in [6.45, 7) is 3.14. The van der Waals surface area contributed by atoms with Crippen molar-refractivity contribution in [3.05, 3.63) is 0 Å². The molecule has 1 saturated heterocycles. The summed E-state index contributed by atoms with van der Waals surface area (Å²) in [6, 6.07) is 0. The number of ether oxygens (including phenoxy) is 3. The summed E-state index contributed by atoms with van der Waals surface area (Å²) in [5.41, 5.74) is 0. The average molecular weight is 303 g/mol. The predicted octanol–water partition coefficient (Wildman–Crippen LogP) is 0.379. The molecule has 1 rings (SSSR count). The Bertz CT molecular complexity index is 315. The molecule has 0 aromatic rings. The maximum absolute atomic E-state index is 11.8. The molecule has 0 aromatic heterocycles. The molecule has 0 bridgehead atoms. The molecule has 0 aromatic carbocycles. The highest BCUT2D eigenvalue weighted by atomic mass is 16.5. The lowest BCUT2D eigenvalue weighted by atomic mass is 9.97. The van der Waals surface area contributed by atoms with E-state index >= 15 is 0 Å². The number of likely N-dealkylation sites (tertiary alicyclic amines) is 1. The van der Waals surface area contributed by atoms with Gasteiger partial charge in [-0.2, -0.15) is 0 Å². The van der Waals surface area contributed by atoms with Crippen LogP contribution in [0.1, 0.15) is 19.3 Å². The number of amides is 1. The standard InChI is InChI=1S/C14H25NO6/c1-19-7-2-8-20-9-10-21-11-13(16)15-5-3-12(4-6-15)14(17)18/h12H,2-11H2,1H3,(H,17,18). The molecule has 1 N–H and O–H groups in total. The molecule has 122 valence electrons. The quantitative estimate of drug-likeness (QED) is 0.587. The number of rotatable bonds is 10. The van der Waals surface area contributed by atoms with Crippen molar-refractivity contribution in [2.24, 2.45) is 5.92 Å². The third-order valence-corrected chi connectivity index (χ3v) is 3.43. The topological polar surface area (TPSA) is 85.3 Å². The second kappa shape index (κ2) is 10.5. The van der Waals surface area contributed by atoms with Crippen LogP contribution < -0.4 is 0 Å². The number of hydrogen-bond donors (Lipinski definition) is 1. The van der Waals surface area contributed by atoms with Gasteiger partial charge in [0.15, 0.2) is 0 Å². The van der Waals surface area contributed by atoms with E-state index in [-0.39, 0.29) is 18.4 Å². The van der Waals surface area contributed by atoms with E-state index in [1.165, 1.54) is 0 Å². The summed E-state index contributed by atoms with van der Waals surface area (Å²) < 4.78 is 15.5. The van der Waals surface area contributed by atoms with Crippen molar-refractivity contribution in [2.75, 3.05) is 53.2 Å². The van der Waals surface area contributed by atoms with Gasteiger partial charge in [0, 0.05) is 33.4 Å². The second-order valence-corrected chi connectivity index (χ2v) is 5.00. The molecule has 0 aliphatic carbocycles. The molecule has 1 fully saturated rings. The predicted molar refractivity (Wildman–Crippen MR) is 75.1 cm³/mol. The molecular formula is C14H25NO6. The minimum absolute atomic E-state index is 0.0270. The summed E-state index contributed by atoms with van der Waals surface area (Å²) in [4.78, 5) is 24.3. The van der Waals surface area contributed by atoms with Crippen LogP contribution in [0.15, 0.2) is 0 Å². The fourth-order valence-electron chi connectivity index (χ4n) is 2.15. The van der Waals surface area contributed by atoms with Crippen LogP contribution in [-0.2, 0) is 23.8 Å². The third-order valence-electron chi connectivity index (χ3n) is 3.43. The van der Waals surface area contributed by atoms with E-state index in [4.69, 9.17) is 19.3 Å². The highest BCUT2D eigenvalue weighted by molar-refractivity contribution is 5.78. The van der Waals surface area contributed by atoms with Crippen LogP contribution in [0.5, 0.6) is 0 Å². The number of piperidine rings is 1. The van der Waals surface area contributed by atoms with E-state index in [0.717, 1.165) is 6.42 Å². The van der Waals surface area contributed by atoms with Crippen molar-refractivity contribution in [1.29, 1.82) is 0 Å². The van der Waals surface area contributed by atoms with Crippen LogP contribution in [0.2, 0.25) is 0 Å². The van der Waals surface area contributed by atoms with Crippen molar-refractivity contribution >= 4 is 11.9 Å². The molecule has 1 heterocycles. The highest BCUT2D eigenvalue weighted by Crippen LogP contribution is 2.17. The van der Waals surface area contributed by atoms with Gasteiger partial charge in [-0.1, -0.05) is 0 Å². The Balaban J connectivity index is 2.00. The van der Waals surface area contributed by atoms with E-state index in [9.17, 15) is 9.59 Å². The van der Waals surface area contributed by atoms with E-state index in [0.29, 0.717) is 52.4 Å². The first-order valence-electron chi connectivity index (χ1n) is 7.30. The van der Waals surface area contributed by atoms with Gasteiger partial charge in [-0.05, 0) is 19.3 Å². The van der Waals surface area contributed by atoms with Gasteiger partial charge in [-0.25, -0.2) is 0 Å². The van der Waals surface area contributed by atoms with Crippen LogP contribution in [0, 0.1) is 5.92 Å². The van der Waals surface area contributed by atoms with Gasteiger partial charge in [0.2, 0.25) is 5.91 Å². The van der Waals surface area contributed by atoms with Gasteiger partial charge >= 0.3 is 5.97 Å². The van der Waals surface area contributed by atoms with Crippen molar-refractivity contribution in [3.63, 3.8) is 0 Å². The summed E-state index contributed by atoms with van der Waals surface area (Å²) in [6.07, 6.45) is 1.88. The molecule has 21 heavy (non-hydrogen) atoms. The summed E-state index contributed by atoms with van der Waals surface area (Å²) in [7, 11) is 1.65. The Morgan fingerprint density at radius 3 is 2.38 bits per heavy atom. The van der Waals surface area contributed by atoms with E-state index in [2.05, 4.69) is 0 Å².